The molecule has 3 rings (SSSR count). The average molecular weight is 363 g/mol. The van der Waals surface area contributed by atoms with Crippen LogP contribution in [0.15, 0.2) is 45.9 Å². The van der Waals surface area contributed by atoms with Crippen molar-refractivity contribution in [3.05, 3.63) is 53.8 Å². The van der Waals surface area contributed by atoms with Crippen LogP contribution in [0, 0.1) is 12.7 Å². The second-order valence-corrected chi connectivity index (χ2v) is 7.37. The van der Waals surface area contributed by atoms with E-state index in [0.717, 1.165) is 24.0 Å². The summed E-state index contributed by atoms with van der Waals surface area (Å²) >= 11 is 0. The normalized spacial score (nSPS) is 11.5. The van der Waals surface area contributed by atoms with E-state index >= 15 is 0 Å². The lowest BCUT2D eigenvalue weighted by Gasteiger charge is -2.06. The number of hydrogen-bond acceptors (Lipinski definition) is 7. The van der Waals surface area contributed by atoms with Crippen LogP contribution in [-0.4, -0.2) is 29.8 Å². The molecule has 3 aromatic rings. The van der Waals surface area contributed by atoms with Gasteiger partial charge in [0.25, 0.3) is 5.89 Å². The third-order valence-electron chi connectivity index (χ3n) is 3.28. The van der Waals surface area contributed by atoms with Crippen molar-refractivity contribution < 1.29 is 22.1 Å². The molecule has 0 bridgehead atoms. The largest absolute Gasteiger partial charge is 0.484 e. The van der Waals surface area contributed by atoms with E-state index in [1.807, 2.05) is 19.1 Å². The number of sulfone groups is 1. The maximum atomic E-state index is 13.6. The first kappa shape index (κ1) is 17.0. The zero-order valence-electron chi connectivity index (χ0n) is 13.4. The van der Waals surface area contributed by atoms with E-state index in [1.54, 1.807) is 6.20 Å². The molecule has 0 saturated carbocycles. The summed E-state index contributed by atoms with van der Waals surface area (Å²) in [5, 5.41) is 3.83. The number of hydrogen-bond donors (Lipinski definition) is 0. The number of benzene rings is 1. The molecule has 0 aliphatic rings. The summed E-state index contributed by atoms with van der Waals surface area (Å²) in [4.78, 5) is 7.89. The minimum Gasteiger partial charge on any atom is -0.484 e. The third kappa shape index (κ3) is 4.00. The lowest BCUT2D eigenvalue weighted by molar-refractivity contribution is 0.242. The molecule has 2 heterocycles. The molecule has 0 saturated heterocycles. The predicted octanol–water partition coefficient (Wildman–Crippen LogP) is 2.56. The van der Waals surface area contributed by atoms with Crippen molar-refractivity contribution in [1.82, 2.24) is 15.1 Å². The second-order valence-electron chi connectivity index (χ2n) is 5.38. The number of halogens is 1. The van der Waals surface area contributed by atoms with E-state index in [4.69, 9.17) is 9.26 Å². The maximum absolute atomic E-state index is 13.6. The minimum atomic E-state index is -3.69. The van der Waals surface area contributed by atoms with Crippen molar-refractivity contribution in [1.29, 1.82) is 0 Å². The monoisotopic (exact) mass is 363 g/mol. The van der Waals surface area contributed by atoms with Crippen LogP contribution in [0.4, 0.5) is 4.39 Å². The van der Waals surface area contributed by atoms with Crippen LogP contribution in [0.1, 0.15) is 11.5 Å². The highest BCUT2D eigenvalue weighted by atomic mass is 32.2. The van der Waals surface area contributed by atoms with Gasteiger partial charge in [-0.25, -0.2) is 12.8 Å². The van der Waals surface area contributed by atoms with Crippen molar-refractivity contribution >= 4 is 9.84 Å². The highest BCUT2D eigenvalue weighted by Gasteiger charge is 2.16. The Labute approximate surface area is 143 Å². The summed E-state index contributed by atoms with van der Waals surface area (Å²) in [6.07, 6.45) is 2.57. The Morgan fingerprint density at radius 3 is 2.76 bits per heavy atom. The lowest BCUT2D eigenvalue weighted by Crippen LogP contribution is -2.02. The molecule has 0 fully saturated rings. The third-order valence-corrected chi connectivity index (χ3v) is 4.39. The molecule has 0 radical (unpaired) electrons. The average Bonchev–Trinajstić information content (AvgIpc) is 3.02. The molecule has 2 aromatic heterocycles. The molecule has 0 N–H and O–H groups in total. The fraction of sp³-hybridized carbons (Fsp3) is 0.188. The molecule has 0 atom stereocenters. The molecule has 0 amide bonds. The Balaban J connectivity index is 1.75. The lowest BCUT2D eigenvalue weighted by atomic mass is 10.2. The Morgan fingerprint density at radius 1 is 1.24 bits per heavy atom. The Kier molecular flexibility index (Phi) is 4.49. The van der Waals surface area contributed by atoms with Crippen LogP contribution >= 0.6 is 0 Å². The molecule has 0 aliphatic heterocycles. The van der Waals surface area contributed by atoms with E-state index in [2.05, 4.69) is 15.1 Å². The zero-order valence-corrected chi connectivity index (χ0v) is 14.2. The van der Waals surface area contributed by atoms with Gasteiger partial charge in [0.1, 0.15) is 22.2 Å². The fourth-order valence-electron chi connectivity index (χ4n) is 2.08. The summed E-state index contributed by atoms with van der Waals surface area (Å²) in [5.74, 6) is -0.155. The fourth-order valence-corrected chi connectivity index (χ4v) is 2.83. The van der Waals surface area contributed by atoms with Crippen molar-refractivity contribution in [3.63, 3.8) is 0 Å². The highest BCUT2D eigenvalue weighted by Crippen LogP contribution is 2.22. The van der Waals surface area contributed by atoms with Gasteiger partial charge in [-0.3, -0.25) is 4.98 Å². The van der Waals surface area contributed by atoms with Crippen LogP contribution in [0.25, 0.3) is 11.5 Å². The van der Waals surface area contributed by atoms with Crippen molar-refractivity contribution in [2.24, 2.45) is 0 Å². The van der Waals surface area contributed by atoms with Crippen LogP contribution in [-0.2, 0) is 16.4 Å². The second kappa shape index (κ2) is 6.60. The SMILES string of the molecule is Cc1ccnc(-c2noc(COc3ccc(F)c(S(C)(=O)=O)c3)n2)c1. The Morgan fingerprint density at radius 2 is 2.04 bits per heavy atom. The van der Waals surface area contributed by atoms with Crippen LogP contribution < -0.4 is 4.74 Å². The first-order chi connectivity index (χ1) is 11.8. The topological polar surface area (TPSA) is 95.2 Å². The van der Waals surface area contributed by atoms with Gasteiger partial charge in [-0.05, 0) is 36.8 Å². The number of pyridine rings is 1. The van der Waals surface area contributed by atoms with Gasteiger partial charge in [-0.2, -0.15) is 4.98 Å². The molecule has 25 heavy (non-hydrogen) atoms. The van der Waals surface area contributed by atoms with E-state index in [-0.39, 0.29) is 18.2 Å². The molecule has 0 aliphatic carbocycles. The van der Waals surface area contributed by atoms with Gasteiger partial charge in [0.2, 0.25) is 5.82 Å². The first-order valence-corrected chi connectivity index (χ1v) is 9.10. The van der Waals surface area contributed by atoms with E-state index in [1.165, 1.54) is 6.07 Å². The van der Waals surface area contributed by atoms with Gasteiger partial charge >= 0.3 is 0 Å². The Hall–Kier alpha value is -2.81. The van der Waals surface area contributed by atoms with Crippen molar-refractivity contribution in [2.75, 3.05) is 6.26 Å². The zero-order chi connectivity index (χ0) is 18.0. The van der Waals surface area contributed by atoms with Crippen LogP contribution in [0.3, 0.4) is 0 Å². The van der Waals surface area contributed by atoms with Gasteiger partial charge in [-0.15, -0.1) is 0 Å². The van der Waals surface area contributed by atoms with Gasteiger partial charge in [-0.1, -0.05) is 5.16 Å². The quantitative estimate of drug-likeness (QED) is 0.687. The standard InChI is InChI=1S/C16H14FN3O4S/c1-10-5-6-18-13(7-10)16-19-15(24-20-16)9-23-11-3-4-12(17)14(8-11)25(2,21)22/h3-8H,9H2,1-2H3. The summed E-state index contributed by atoms with van der Waals surface area (Å²) < 4.78 is 47.1. The molecular weight excluding hydrogens is 349 g/mol. The van der Waals surface area contributed by atoms with Crippen molar-refractivity contribution in [2.45, 2.75) is 18.4 Å². The van der Waals surface area contributed by atoms with Crippen LogP contribution in [0.5, 0.6) is 5.75 Å². The van der Waals surface area contributed by atoms with Crippen molar-refractivity contribution in [3.8, 4) is 17.3 Å². The van der Waals surface area contributed by atoms with Gasteiger partial charge in [0.05, 0.1) is 0 Å². The molecule has 1 aromatic carbocycles. The van der Waals surface area contributed by atoms with E-state index in [9.17, 15) is 12.8 Å². The molecule has 9 heteroatoms. The number of aryl methyl sites for hydroxylation is 1. The summed E-state index contributed by atoms with van der Waals surface area (Å²) in [6, 6.07) is 7.13. The molecule has 0 unspecified atom stereocenters. The van der Waals surface area contributed by atoms with E-state index in [0.29, 0.717) is 11.5 Å². The Bertz CT molecular complexity index is 1020. The van der Waals surface area contributed by atoms with E-state index < -0.39 is 20.5 Å². The first-order valence-electron chi connectivity index (χ1n) is 7.21. The number of aromatic nitrogens is 3. The van der Waals surface area contributed by atoms with Crippen LogP contribution in [0.2, 0.25) is 0 Å². The van der Waals surface area contributed by atoms with Gasteiger partial charge in [0, 0.05) is 18.5 Å². The predicted molar refractivity (Wildman–Crippen MR) is 86.1 cm³/mol. The van der Waals surface area contributed by atoms with Gasteiger partial charge < -0.3 is 9.26 Å². The summed E-state index contributed by atoms with van der Waals surface area (Å²) in [7, 11) is -3.69. The summed E-state index contributed by atoms with van der Waals surface area (Å²) in [5.41, 5.74) is 1.57. The number of nitrogens with zero attached hydrogens (tertiary/aromatic N) is 3. The molecular formula is C16H14FN3O4S. The maximum Gasteiger partial charge on any atom is 0.264 e. The molecule has 0 spiro atoms. The smallest absolute Gasteiger partial charge is 0.264 e. The summed E-state index contributed by atoms with van der Waals surface area (Å²) in [6.45, 7) is 1.83. The van der Waals surface area contributed by atoms with Gasteiger partial charge in [0.15, 0.2) is 16.4 Å². The number of rotatable bonds is 5. The molecule has 130 valence electrons. The highest BCUT2D eigenvalue weighted by molar-refractivity contribution is 7.90. The minimum absolute atomic E-state index is 0.0896. The number of ether oxygens (including phenoxy) is 1. The molecule has 7 nitrogen and oxygen atoms in total.